The third-order valence-corrected chi connectivity index (χ3v) is 3.46. The van der Waals surface area contributed by atoms with Gasteiger partial charge in [0.25, 0.3) is 0 Å². The first kappa shape index (κ1) is 13.8. The Kier molecular flexibility index (Phi) is 5.10. The van der Waals surface area contributed by atoms with Crippen LogP contribution in [0, 0.1) is 5.82 Å². The Hall–Kier alpha value is -1.67. The molecule has 0 aliphatic carbocycles. The number of benzene rings is 2. The Morgan fingerprint density at radius 3 is 2.37 bits per heavy atom. The molecule has 0 aliphatic rings. The average Bonchev–Trinajstić information content (AvgIpc) is 2.46. The molecule has 100 valence electrons. The molecule has 2 heteroatoms. The van der Waals surface area contributed by atoms with Crippen LogP contribution in [-0.4, -0.2) is 13.1 Å². The molecule has 2 aromatic rings. The molecule has 1 atom stereocenters. The second kappa shape index (κ2) is 7.05. The Morgan fingerprint density at radius 1 is 1.00 bits per heavy atom. The summed E-state index contributed by atoms with van der Waals surface area (Å²) in [5.74, 6) is -0.109. The van der Waals surface area contributed by atoms with Gasteiger partial charge < -0.3 is 5.32 Å². The molecule has 1 N–H and O–H groups in total. The van der Waals surface area contributed by atoms with Crippen LogP contribution in [-0.2, 0) is 12.8 Å². The standard InChI is InChI=1S/C17H20FN/c1-19-16(12-11-14-7-3-2-4-8-14)13-15-9-5-6-10-17(15)18/h2-10,16,19H,11-13H2,1H3. The molecule has 0 aromatic heterocycles. The quantitative estimate of drug-likeness (QED) is 0.834. The zero-order chi connectivity index (χ0) is 13.5. The number of halogens is 1. The highest BCUT2D eigenvalue weighted by molar-refractivity contribution is 5.19. The van der Waals surface area contributed by atoms with Gasteiger partial charge in [-0.25, -0.2) is 4.39 Å². The van der Waals surface area contributed by atoms with Gasteiger partial charge in [-0.3, -0.25) is 0 Å². The Morgan fingerprint density at radius 2 is 1.68 bits per heavy atom. The summed E-state index contributed by atoms with van der Waals surface area (Å²) < 4.78 is 13.6. The fraction of sp³-hybridized carbons (Fsp3) is 0.294. The van der Waals surface area contributed by atoms with E-state index in [9.17, 15) is 4.39 Å². The zero-order valence-corrected chi connectivity index (χ0v) is 11.3. The van der Waals surface area contributed by atoms with Crippen molar-refractivity contribution in [3.8, 4) is 0 Å². The van der Waals surface area contributed by atoms with Crippen molar-refractivity contribution in [1.82, 2.24) is 5.32 Å². The van der Waals surface area contributed by atoms with Gasteiger partial charge in [0, 0.05) is 6.04 Å². The second-order valence-electron chi connectivity index (χ2n) is 4.81. The van der Waals surface area contributed by atoms with Crippen molar-refractivity contribution < 1.29 is 4.39 Å². The maximum absolute atomic E-state index is 13.6. The average molecular weight is 257 g/mol. The van der Waals surface area contributed by atoms with E-state index in [0.717, 1.165) is 24.8 Å². The number of likely N-dealkylation sites (N-methyl/N-ethyl adjacent to an activating group) is 1. The van der Waals surface area contributed by atoms with E-state index in [2.05, 4.69) is 29.6 Å². The minimum absolute atomic E-state index is 0.109. The van der Waals surface area contributed by atoms with Gasteiger partial charge in [-0.15, -0.1) is 0 Å². The molecule has 0 radical (unpaired) electrons. The lowest BCUT2D eigenvalue weighted by Crippen LogP contribution is -2.28. The van der Waals surface area contributed by atoms with Gasteiger partial charge in [0.1, 0.15) is 5.82 Å². The summed E-state index contributed by atoms with van der Waals surface area (Å²) >= 11 is 0. The van der Waals surface area contributed by atoms with E-state index >= 15 is 0 Å². The van der Waals surface area contributed by atoms with Crippen LogP contribution in [0.25, 0.3) is 0 Å². The van der Waals surface area contributed by atoms with Crippen molar-refractivity contribution in [2.24, 2.45) is 0 Å². The normalized spacial score (nSPS) is 12.3. The molecule has 19 heavy (non-hydrogen) atoms. The molecule has 0 bridgehead atoms. The summed E-state index contributed by atoms with van der Waals surface area (Å²) in [4.78, 5) is 0. The number of aryl methyl sites for hydroxylation is 1. The molecule has 0 fully saturated rings. The van der Waals surface area contributed by atoms with Crippen molar-refractivity contribution in [2.45, 2.75) is 25.3 Å². The lowest BCUT2D eigenvalue weighted by molar-refractivity contribution is 0.504. The predicted octanol–water partition coefficient (Wildman–Crippen LogP) is 3.59. The highest BCUT2D eigenvalue weighted by Crippen LogP contribution is 2.12. The molecule has 1 unspecified atom stereocenters. The van der Waals surface area contributed by atoms with Crippen LogP contribution in [0.5, 0.6) is 0 Å². The van der Waals surface area contributed by atoms with Crippen LogP contribution >= 0.6 is 0 Å². The van der Waals surface area contributed by atoms with Gasteiger partial charge in [0.15, 0.2) is 0 Å². The third-order valence-electron chi connectivity index (χ3n) is 3.46. The van der Waals surface area contributed by atoms with Crippen molar-refractivity contribution in [2.75, 3.05) is 7.05 Å². The van der Waals surface area contributed by atoms with Crippen molar-refractivity contribution in [3.05, 3.63) is 71.5 Å². The minimum Gasteiger partial charge on any atom is -0.317 e. The van der Waals surface area contributed by atoms with Crippen molar-refractivity contribution in [3.63, 3.8) is 0 Å². The summed E-state index contributed by atoms with van der Waals surface area (Å²) in [6, 6.07) is 17.7. The summed E-state index contributed by atoms with van der Waals surface area (Å²) in [6.45, 7) is 0. The molecule has 0 saturated heterocycles. The van der Waals surface area contributed by atoms with E-state index in [0.29, 0.717) is 6.04 Å². The topological polar surface area (TPSA) is 12.0 Å². The smallest absolute Gasteiger partial charge is 0.126 e. The minimum atomic E-state index is -0.109. The summed E-state index contributed by atoms with van der Waals surface area (Å²) in [5.41, 5.74) is 2.12. The third kappa shape index (κ3) is 4.18. The van der Waals surface area contributed by atoms with Crippen LogP contribution in [0.3, 0.4) is 0 Å². The summed E-state index contributed by atoms with van der Waals surface area (Å²) in [5, 5.41) is 3.28. The summed E-state index contributed by atoms with van der Waals surface area (Å²) in [6.07, 6.45) is 2.76. The van der Waals surface area contributed by atoms with E-state index in [4.69, 9.17) is 0 Å². The van der Waals surface area contributed by atoms with E-state index in [1.807, 2.05) is 25.2 Å². The molecule has 0 aliphatic heterocycles. The van der Waals surface area contributed by atoms with Gasteiger partial charge in [-0.2, -0.15) is 0 Å². The molecule has 2 aromatic carbocycles. The first-order chi connectivity index (χ1) is 9.29. The van der Waals surface area contributed by atoms with Gasteiger partial charge in [-0.05, 0) is 43.5 Å². The maximum Gasteiger partial charge on any atom is 0.126 e. The number of rotatable bonds is 6. The van der Waals surface area contributed by atoms with Crippen molar-refractivity contribution in [1.29, 1.82) is 0 Å². The maximum atomic E-state index is 13.6. The van der Waals surface area contributed by atoms with E-state index < -0.39 is 0 Å². The van der Waals surface area contributed by atoms with Crippen LogP contribution < -0.4 is 5.32 Å². The van der Waals surface area contributed by atoms with Crippen LogP contribution in [0.15, 0.2) is 54.6 Å². The number of hydrogen-bond donors (Lipinski definition) is 1. The molecular weight excluding hydrogens is 237 g/mol. The first-order valence-electron chi connectivity index (χ1n) is 6.74. The fourth-order valence-electron chi connectivity index (χ4n) is 2.26. The first-order valence-corrected chi connectivity index (χ1v) is 6.74. The van der Waals surface area contributed by atoms with Crippen LogP contribution in [0.1, 0.15) is 17.5 Å². The summed E-state index contributed by atoms with van der Waals surface area (Å²) in [7, 11) is 1.94. The number of nitrogens with one attached hydrogen (secondary N) is 1. The van der Waals surface area contributed by atoms with Gasteiger partial charge in [0.05, 0.1) is 0 Å². The number of hydrogen-bond acceptors (Lipinski definition) is 1. The van der Waals surface area contributed by atoms with Crippen molar-refractivity contribution >= 4 is 0 Å². The van der Waals surface area contributed by atoms with E-state index in [-0.39, 0.29) is 5.82 Å². The van der Waals surface area contributed by atoms with Gasteiger partial charge in [-0.1, -0.05) is 48.5 Å². The molecule has 0 amide bonds. The lowest BCUT2D eigenvalue weighted by atomic mass is 9.99. The largest absolute Gasteiger partial charge is 0.317 e. The highest BCUT2D eigenvalue weighted by atomic mass is 19.1. The Bertz CT molecular complexity index is 496. The second-order valence-corrected chi connectivity index (χ2v) is 4.81. The monoisotopic (exact) mass is 257 g/mol. The highest BCUT2D eigenvalue weighted by Gasteiger charge is 2.10. The SMILES string of the molecule is CNC(CCc1ccccc1)Cc1ccccc1F. The zero-order valence-electron chi connectivity index (χ0n) is 11.3. The predicted molar refractivity (Wildman–Crippen MR) is 77.7 cm³/mol. The molecule has 1 nitrogen and oxygen atoms in total. The molecule has 2 rings (SSSR count). The molecule has 0 spiro atoms. The fourth-order valence-corrected chi connectivity index (χ4v) is 2.26. The molecular formula is C17H20FN. The van der Waals surface area contributed by atoms with E-state index in [1.54, 1.807) is 6.07 Å². The van der Waals surface area contributed by atoms with Gasteiger partial charge >= 0.3 is 0 Å². The van der Waals surface area contributed by atoms with E-state index in [1.165, 1.54) is 11.6 Å². The van der Waals surface area contributed by atoms with Crippen LogP contribution in [0.2, 0.25) is 0 Å². The van der Waals surface area contributed by atoms with Crippen LogP contribution in [0.4, 0.5) is 4.39 Å². The Balaban J connectivity index is 1.92. The lowest BCUT2D eigenvalue weighted by Gasteiger charge is -2.16. The molecule has 0 heterocycles. The molecule has 0 saturated carbocycles. The Labute approximate surface area is 114 Å². The van der Waals surface area contributed by atoms with Gasteiger partial charge in [0.2, 0.25) is 0 Å².